The van der Waals surface area contributed by atoms with Gasteiger partial charge < -0.3 is 10.3 Å². The molecule has 0 saturated carbocycles. The second-order valence-corrected chi connectivity index (χ2v) is 2.87. The molecular formula is C10H11N3. The summed E-state index contributed by atoms with van der Waals surface area (Å²) in [5.74, 6) is 0.881. The quantitative estimate of drug-likeness (QED) is 0.732. The van der Waals surface area contributed by atoms with Gasteiger partial charge in [0.2, 0.25) is 0 Å². The summed E-state index contributed by atoms with van der Waals surface area (Å²) in [5.41, 5.74) is 2.10. The molecule has 0 radical (unpaired) electrons. The molecule has 0 aliphatic carbocycles. The van der Waals surface area contributed by atoms with Crippen LogP contribution in [0.4, 0.5) is 11.5 Å². The van der Waals surface area contributed by atoms with Crippen LogP contribution in [0.5, 0.6) is 0 Å². The van der Waals surface area contributed by atoms with Gasteiger partial charge in [0.1, 0.15) is 0 Å². The van der Waals surface area contributed by atoms with Crippen LogP contribution >= 0.6 is 0 Å². The van der Waals surface area contributed by atoms with Crippen molar-refractivity contribution in [1.82, 2.24) is 9.97 Å². The molecule has 3 heteroatoms. The first-order valence-electron chi connectivity index (χ1n) is 4.18. The lowest BCUT2D eigenvalue weighted by Gasteiger charge is -2.02. The van der Waals surface area contributed by atoms with E-state index in [-0.39, 0.29) is 0 Å². The predicted octanol–water partition coefficient (Wildman–Crippen LogP) is 2.46. The number of aryl methyl sites for hydroxylation is 1. The monoisotopic (exact) mass is 173 g/mol. The van der Waals surface area contributed by atoms with Crippen LogP contribution in [-0.2, 0) is 0 Å². The normalized spacial score (nSPS) is 9.92. The van der Waals surface area contributed by atoms with Crippen LogP contribution in [0.15, 0.2) is 36.7 Å². The Kier molecular flexibility index (Phi) is 2.00. The molecule has 0 fully saturated rings. The Morgan fingerprint density at radius 1 is 1.23 bits per heavy atom. The fourth-order valence-corrected chi connectivity index (χ4v) is 1.14. The zero-order valence-corrected chi connectivity index (χ0v) is 7.41. The average molecular weight is 173 g/mol. The van der Waals surface area contributed by atoms with E-state index in [4.69, 9.17) is 0 Å². The van der Waals surface area contributed by atoms with Gasteiger partial charge in [-0.25, -0.2) is 4.98 Å². The number of aromatic amines is 1. The van der Waals surface area contributed by atoms with E-state index < -0.39 is 0 Å². The second-order valence-electron chi connectivity index (χ2n) is 2.87. The molecule has 0 aliphatic heterocycles. The van der Waals surface area contributed by atoms with E-state index in [1.165, 1.54) is 0 Å². The van der Waals surface area contributed by atoms with Crippen molar-refractivity contribution in [3.63, 3.8) is 0 Å². The summed E-state index contributed by atoms with van der Waals surface area (Å²) in [6.45, 7) is 1.98. The lowest BCUT2D eigenvalue weighted by molar-refractivity contribution is 1.25. The molecule has 0 unspecified atom stereocenters. The molecule has 0 amide bonds. The summed E-state index contributed by atoms with van der Waals surface area (Å²) in [6, 6.07) is 9.99. The zero-order chi connectivity index (χ0) is 9.10. The molecule has 2 N–H and O–H groups in total. The third-order valence-electron chi connectivity index (χ3n) is 1.87. The van der Waals surface area contributed by atoms with Gasteiger partial charge in [-0.05, 0) is 19.1 Å². The van der Waals surface area contributed by atoms with Crippen molar-refractivity contribution in [3.05, 3.63) is 42.4 Å². The Morgan fingerprint density at radius 2 is 2.00 bits per heavy atom. The Bertz CT molecular complexity index is 378. The van der Waals surface area contributed by atoms with E-state index in [1.54, 1.807) is 6.33 Å². The first-order chi connectivity index (χ1) is 6.36. The fraction of sp³-hybridized carbons (Fsp3) is 0.100. The largest absolute Gasteiger partial charge is 0.347 e. The lowest BCUT2D eigenvalue weighted by Crippen LogP contribution is -1.91. The predicted molar refractivity (Wildman–Crippen MR) is 53.0 cm³/mol. The van der Waals surface area contributed by atoms with Crippen LogP contribution in [0, 0.1) is 6.92 Å². The van der Waals surface area contributed by atoms with Gasteiger partial charge in [0.15, 0.2) is 5.82 Å². The van der Waals surface area contributed by atoms with Gasteiger partial charge in [0.25, 0.3) is 0 Å². The number of hydrogen-bond acceptors (Lipinski definition) is 2. The molecule has 0 atom stereocenters. The van der Waals surface area contributed by atoms with Crippen molar-refractivity contribution >= 4 is 11.5 Å². The molecule has 3 nitrogen and oxygen atoms in total. The molecule has 2 rings (SSSR count). The van der Waals surface area contributed by atoms with Crippen molar-refractivity contribution < 1.29 is 0 Å². The highest BCUT2D eigenvalue weighted by atomic mass is 15.0. The number of para-hydroxylation sites is 1. The molecule has 13 heavy (non-hydrogen) atoms. The van der Waals surface area contributed by atoms with Gasteiger partial charge >= 0.3 is 0 Å². The molecule has 2 aromatic rings. The highest BCUT2D eigenvalue weighted by Gasteiger charge is 1.99. The van der Waals surface area contributed by atoms with Gasteiger partial charge in [-0.3, -0.25) is 0 Å². The van der Waals surface area contributed by atoms with Crippen molar-refractivity contribution in [2.24, 2.45) is 0 Å². The number of nitrogens with zero attached hydrogens (tertiary/aromatic N) is 1. The van der Waals surface area contributed by atoms with E-state index >= 15 is 0 Å². The minimum absolute atomic E-state index is 0.881. The lowest BCUT2D eigenvalue weighted by atomic mass is 10.3. The van der Waals surface area contributed by atoms with Crippen LogP contribution in [0.1, 0.15) is 5.69 Å². The highest BCUT2D eigenvalue weighted by molar-refractivity contribution is 5.57. The number of hydrogen-bond donors (Lipinski definition) is 2. The molecule has 1 aromatic heterocycles. The van der Waals surface area contributed by atoms with Gasteiger partial charge in [-0.2, -0.15) is 0 Å². The SMILES string of the molecule is Cc1[nH]cnc1Nc1ccccc1. The first kappa shape index (κ1) is 7.86. The van der Waals surface area contributed by atoms with Crippen molar-refractivity contribution in [2.75, 3.05) is 5.32 Å². The molecular weight excluding hydrogens is 162 g/mol. The third-order valence-corrected chi connectivity index (χ3v) is 1.87. The summed E-state index contributed by atoms with van der Waals surface area (Å²) in [6.07, 6.45) is 1.68. The highest BCUT2D eigenvalue weighted by Crippen LogP contribution is 2.15. The Hall–Kier alpha value is -1.77. The van der Waals surface area contributed by atoms with Crippen molar-refractivity contribution in [3.8, 4) is 0 Å². The van der Waals surface area contributed by atoms with E-state index in [9.17, 15) is 0 Å². The van der Waals surface area contributed by atoms with E-state index in [1.807, 2.05) is 37.3 Å². The molecule has 0 spiro atoms. The van der Waals surface area contributed by atoms with Crippen LogP contribution in [-0.4, -0.2) is 9.97 Å². The van der Waals surface area contributed by atoms with E-state index in [2.05, 4.69) is 15.3 Å². The standard InChI is InChI=1S/C10H11N3/c1-8-10(12-7-11-8)13-9-5-3-2-4-6-9/h2-7,13H,1H3,(H,11,12). The van der Waals surface area contributed by atoms with E-state index in [0.29, 0.717) is 0 Å². The van der Waals surface area contributed by atoms with Crippen molar-refractivity contribution in [2.45, 2.75) is 6.92 Å². The number of imidazole rings is 1. The van der Waals surface area contributed by atoms with Gasteiger partial charge in [0.05, 0.1) is 12.0 Å². The number of rotatable bonds is 2. The zero-order valence-electron chi connectivity index (χ0n) is 7.41. The van der Waals surface area contributed by atoms with Crippen LogP contribution in [0.25, 0.3) is 0 Å². The Morgan fingerprint density at radius 3 is 2.62 bits per heavy atom. The molecule has 1 aromatic carbocycles. The Labute approximate surface area is 76.8 Å². The number of aromatic nitrogens is 2. The average Bonchev–Trinajstić information content (AvgIpc) is 2.54. The number of H-pyrrole nitrogens is 1. The molecule has 0 aliphatic rings. The maximum Gasteiger partial charge on any atom is 0.151 e. The minimum atomic E-state index is 0.881. The summed E-state index contributed by atoms with van der Waals surface area (Å²) in [7, 11) is 0. The molecule has 0 bridgehead atoms. The summed E-state index contributed by atoms with van der Waals surface area (Å²) >= 11 is 0. The summed E-state index contributed by atoms with van der Waals surface area (Å²) < 4.78 is 0. The summed E-state index contributed by atoms with van der Waals surface area (Å²) in [4.78, 5) is 7.16. The van der Waals surface area contributed by atoms with Crippen LogP contribution < -0.4 is 5.32 Å². The van der Waals surface area contributed by atoms with Crippen molar-refractivity contribution in [1.29, 1.82) is 0 Å². The van der Waals surface area contributed by atoms with E-state index in [0.717, 1.165) is 17.2 Å². The van der Waals surface area contributed by atoms with Gasteiger partial charge in [-0.15, -0.1) is 0 Å². The second kappa shape index (κ2) is 3.31. The molecule has 0 saturated heterocycles. The maximum atomic E-state index is 4.14. The third kappa shape index (κ3) is 1.69. The first-order valence-corrected chi connectivity index (χ1v) is 4.18. The number of benzene rings is 1. The molecule has 1 heterocycles. The van der Waals surface area contributed by atoms with Crippen LogP contribution in [0.3, 0.4) is 0 Å². The fourth-order valence-electron chi connectivity index (χ4n) is 1.14. The van der Waals surface area contributed by atoms with Gasteiger partial charge in [-0.1, -0.05) is 18.2 Å². The van der Waals surface area contributed by atoms with Crippen LogP contribution in [0.2, 0.25) is 0 Å². The summed E-state index contributed by atoms with van der Waals surface area (Å²) in [5, 5.41) is 3.21. The number of nitrogens with one attached hydrogen (secondary N) is 2. The molecule has 66 valence electrons. The smallest absolute Gasteiger partial charge is 0.151 e. The minimum Gasteiger partial charge on any atom is -0.347 e. The number of anilines is 2. The Balaban J connectivity index is 2.20. The van der Waals surface area contributed by atoms with Gasteiger partial charge in [0, 0.05) is 5.69 Å². The maximum absolute atomic E-state index is 4.14. The topological polar surface area (TPSA) is 40.7 Å².